The van der Waals surface area contributed by atoms with Gasteiger partial charge in [-0.2, -0.15) is 4.98 Å². The van der Waals surface area contributed by atoms with Crippen LogP contribution in [0.25, 0.3) is 0 Å². The van der Waals surface area contributed by atoms with Crippen LogP contribution >= 0.6 is 18.7 Å². The van der Waals surface area contributed by atoms with Gasteiger partial charge in [-0.3, -0.25) is 9.59 Å². The van der Waals surface area contributed by atoms with Crippen LogP contribution in [0, 0.1) is 0 Å². The molecule has 2 amide bonds. The van der Waals surface area contributed by atoms with Gasteiger partial charge in [0, 0.05) is 17.1 Å². The first-order valence-corrected chi connectivity index (χ1v) is 16.8. The number of phenolic OH excluding ortho intramolecular Hbond substituents is 2. The number of carbonyl (C=O) groups is 2. The zero-order chi connectivity index (χ0) is 32.9. The number of benzene rings is 3. The molecule has 0 saturated heterocycles. The molecule has 4 rings (SSSR count). The minimum Gasteiger partial charge on any atom is -0.508 e. The van der Waals surface area contributed by atoms with Gasteiger partial charge < -0.3 is 40.8 Å². The first kappa shape index (κ1) is 33.1. The number of nitrogens with one attached hydrogen (secondary N) is 4. The van der Waals surface area contributed by atoms with Crippen LogP contribution in [0.5, 0.6) is 17.2 Å². The average molecular weight is 653 g/mol. The Labute approximate surface area is 265 Å². The van der Waals surface area contributed by atoms with Gasteiger partial charge in [-0.1, -0.05) is 37.6 Å². The van der Waals surface area contributed by atoms with Crippen molar-refractivity contribution in [1.82, 2.24) is 15.3 Å². The van der Waals surface area contributed by atoms with Crippen LogP contribution < -0.4 is 31.3 Å². The maximum Gasteiger partial charge on any atom is 0.255 e. The molecule has 0 aliphatic rings. The van der Waals surface area contributed by atoms with Crippen molar-refractivity contribution in [3.63, 3.8) is 0 Å². The van der Waals surface area contributed by atoms with E-state index in [4.69, 9.17) is 16.3 Å². The number of aromatic hydroxyl groups is 2. The third kappa shape index (κ3) is 8.23. The van der Waals surface area contributed by atoms with E-state index in [-0.39, 0.29) is 40.6 Å². The first-order chi connectivity index (χ1) is 21.3. The van der Waals surface area contributed by atoms with Crippen molar-refractivity contribution in [2.24, 2.45) is 0 Å². The molecule has 45 heavy (non-hydrogen) atoms. The van der Waals surface area contributed by atoms with Crippen LogP contribution in [0.2, 0.25) is 5.02 Å². The Hall–Kier alpha value is -4.80. The number of anilines is 5. The molecule has 0 radical (unpaired) electrons. The second-order valence-electron chi connectivity index (χ2n) is 10.7. The van der Waals surface area contributed by atoms with E-state index in [0.717, 1.165) is 6.07 Å². The fraction of sp³-hybridized carbons (Fsp3) is 0.226. The SMILES string of the molecule is COc1ccc(NC(=O)CNC(=O)c2cc(C(C)C)c(O)cc2O)cc1Nc1ncc(Cl)c(Nc2ccccc2P(C)(C)=O)n1. The maximum absolute atomic E-state index is 12.8. The molecule has 0 saturated carbocycles. The van der Waals surface area contributed by atoms with Gasteiger partial charge in [-0.05, 0) is 61.2 Å². The number of hydrogen-bond acceptors (Lipinski definition) is 10. The van der Waals surface area contributed by atoms with E-state index in [0.29, 0.717) is 33.7 Å². The zero-order valence-electron chi connectivity index (χ0n) is 25.3. The summed E-state index contributed by atoms with van der Waals surface area (Å²) in [5.74, 6) is -0.924. The number of nitrogens with zero attached hydrogens (tertiary/aromatic N) is 2. The highest BCUT2D eigenvalue weighted by Gasteiger charge is 2.19. The second kappa shape index (κ2) is 13.9. The molecule has 14 heteroatoms. The number of methoxy groups -OCH3 is 1. The Morgan fingerprint density at radius 2 is 1.73 bits per heavy atom. The Bertz CT molecular complexity index is 1790. The molecule has 6 N–H and O–H groups in total. The first-order valence-electron chi connectivity index (χ1n) is 13.8. The Morgan fingerprint density at radius 3 is 2.42 bits per heavy atom. The molecule has 4 aromatic rings. The largest absolute Gasteiger partial charge is 0.508 e. The Kier molecular flexibility index (Phi) is 10.2. The van der Waals surface area contributed by atoms with Gasteiger partial charge in [-0.25, -0.2) is 4.98 Å². The highest BCUT2D eigenvalue weighted by atomic mass is 35.5. The maximum atomic E-state index is 12.8. The molecule has 12 nitrogen and oxygen atoms in total. The zero-order valence-corrected chi connectivity index (χ0v) is 27.0. The minimum atomic E-state index is -2.60. The van der Waals surface area contributed by atoms with Crippen molar-refractivity contribution in [1.29, 1.82) is 0 Å². The van der Waals surface area contributed by atoms with Crippen molar-refractivity contribution >= 4 is 64.7 Å². The average Bonchev–Trinajstić information content (AvgIpc) is 2.97. The highest BCUT2D eigenvalue weighted by molar-refractivity contribution is 7.70. The van der Waals surface area contributed by atoms with Crippen molar-refractivity contribution in [2.75, 3.05) is 42.9 Å². The number of amides is 2. The van der Waals surface area contributed by atoms with E-state index in [1.54, 1.807) is 43.7 Å². The van der Waals surface area contributed by atoms with Gasteiger partial charge in [0.25, 0.3) is 5.91 Å². The molecule has 0 unspecified atom stereocenters. The summed E-state index contributed by atoms with van der Waals surface area (Å²) in [4.78, 5) is 34.1. The van der Waals surface area contributed by atoms with E-state index in [9.17, 15) is 24.4 Å². The monoisotopic (exact) mass is 652 g/mol. The lowest BCUT2D eigenvalue weighted by molar-refractivity contribution is -0.115. The standard InChI is InChI=1S/C31H34ClN6O6P/c1-17(2)19-13-20(25(40)14-24(19)39)30(42)33-16-28(41)35-18-10-11-26(44-3)23(12-18)37-31-34-15-21(32)29(38-31)36-22-8-6-7-9-27(22)45(4,5)43/h6-15,17,39-40H,16H2,1-5H3,(H,33,42)(H,35,41)(H2,34,36,37,38). The number of carbonyl (C=O) groups excluding carboxylic acids is 2. The fourth-order valence-electron chi connectivity index (χ4n) is 4.39. The summed E-state index contributed by atoms with van der Waals surface area (Å²) in [5.41, 5.74) is 1.85. The number of halogens is 1. The summed E-state index contributed by atoms with van der Waals surface area (Å²) >= 11 is 6.37. The molecule has 0 bridgehead atoms. The number of hydrogen-bond donors (Lipinski definition) is 6. The van der Waals surface area contributed by atoms with Crippen LogP contribution in [0.4, 0.5) is 28.8 Å². The lowest BCUT2D eigenvalue weighted by Gasteiger charge is -2.16. The predicted octanol–water partition coefficient (Wildman–Crippen LogP) is 5.78. The molecule has 0 aliphatic carbocycles. The van der Waals surface area contributed by atoms with Gasteiger partial charge in [-0.15, -0.1) is 0 Å². The molecule has 1 aromatic heterocycles. The number of ether oxygens (including phenoxy) is 1. The van der Waals surface area contributed by atoms with Gasteiger partial charge >= 0.3 is 0 Å². The summed E-state index contributed by atoms with van der Waals surface area (Å²) < 4.78 is 18.2. The lowest BCUT2D eigenvalue weighted by Crippen LogP contribution is -2.33. The Morgan fingerprint density at radius 1 is 1.00 bits per heavy atom. The lowest BCUT2D eigenvalue weighted by atomic mass is 9.98. The second-order valence-corrected chi connectivity index (χ2v) is 14.3. The predicted molar refractivity (Wildman–Crippen MR) is 177 cm³/mol. The van der Waals surface area contributed by atoms with Crippen LogP contribution in [0.15, 0.2) is 60.8 Å². The Balaban J connectivity index is 1.47. The quantitative estimate of drug-likeness (QED) is 0.109. The smallest absolute Gasteiger partial charge is 0.255 e. The topological polar surface area (TPSA) is 175 Å². The van der Waals surface area contributed by atoms with E-state index >= 15 is 0 Å². The third-order valence-electron chi connectivity index (χ3n) is 6.63. The van der Waals surface area contributed by atoms with E-state index in [1.165, 1.54) is 19.4 Å². The van der Waals surface area contributed by atoms with Crippen LogP contribution in [-0.2, 0) is 9.36 Å². The van der Waals surface area contributed by atoms with Crippen LogP contribution in [-0.4, -0.2) is 59.0 Å². The fourth-order valence-corrected chi connectivity index (χ4v) is 5.69. The number of phenols is 2. The molecule has 0 spiro atoms. The minimum absolute atomic E-state index is 0.0565. The van der Waals surface area contributed by atoms with E-state index < -0.39 is 24.7 Å². The molecule has 3 aromatic carbocycles. The van der Waals surface area contributed by atoms with Crippen molar-refractivity contribution in [3.05, 3.63) is 76.9 Å². The van der Waals surface area contributed by atoms with Crippen molar-refractivity contribution < 1.29 is 29.1 Å². The summed E-state index contributed by atoms with van der Waals surface area (Å²) in [7, 11) is -1.11. The molecule has 0 fully saturated rings. The molecular weight excluding hydrogens is 619 g/mol. The highest BCUT2D eigenvalue weighted by Crippen LogP contribution is 2.39. The van der Waals surface area contributed by atoms with Crippen LogP contribution in [0.1, 0.15) is 35.7 Å². The number of rotatable bonds is 11. The normalized spacial score (nSPS) is 11.2. The van der Waals surface area contributed by atoms with Crippen molar-refractivity contribution in [3.8, 4) is 17.2 Å². The number of aromatic nitrogens is 2. The van der Waals surface area contributed by atoms with Gasteiger partial charge in [0.15, 0.2) is 5.82 Å². The van der Waals surface area contributed by atoms with E-state index in [1.807, 2.05) is 26.0 Å². The summed E-state index contributed by atoms with van der Waals surface area (Å²) in [6.45, 7) is 6.65. The summed E-state index contributed by atoms with van der Waals surface area (Å²) in [5, 5.41) is 32.5. The van der Waals surface area contributed by atoms with Gasteiger partial charge in [0.1, 0.15) is 29.4 Å². The molecule has 0 atom stereocenters. The summed E-state index contributed by atoms with van der Waals surface area (Å²) in [6, 6.07) is 14.5. The van der Waals surface area contributed by atoms with E-state index in [2.05, 4.69) is 31.2 Å². The van der Waals surface area contributed by atoms with Crippen LogP contribution in [0.3, 0.4) is 0 Å². The molecule has 236 valence electrons. The third-order valence-corrected chi connectivity index (χ3v) is 8.46. The number of para-hydroxylation sites is 1. The van der Waals surface area contributed by atoms with Gasteiger partial charge in [0.05, 0.1) is 36.8 Å². The van der Waals surface area contributed by atoms with Gasteiger partial charge in [0.2, 0.25) is 11.9 Å². The molecular formula is C31H34ClN6O6P. The molecule has 1 heterocycles. The van der Waals surface area contributed by atoms with Crippen molar-refractivity contribution in [2.45, 2.75) is 19.8 Å². The summed E-state index contributed by atoms with van der Waals surface area (Å²) in [6.07, 6.45) is 1.41. The molecule has 0 aliphatic heterocycles.